The van der Waals surface area contributed by atoms with Gasteiger partial charge >= 0.3 is 11.9 Å². The van der Waals surface area contributed by atoms with Gasteiger partial charge in [0.05, 0.1) is 0 Å². The number of nitrogens with zero attached hydrogens (tertiary/aromatic N) is 1. The van der Waals surface area contributed by atoms with Gasteiger partial charge in [0.15, 0.2) is 0 Å². The lowest BCUT2D eigenvalue weighted by Crippen LogP contribution is -2.47. The first-order valence-electron chi connectivity index (χ1n) is 12.3. The van der Waals surface area contributed by atoms with E-state index in [9.17, 15) is 9.59 Å². The predicted octanol–water partition coefficient (Wildman–Crippen LogP) is 4.75. The van der Waals surface area contributed by atoms with Crippen molar-refractivity contribution in [2.75, 3.05) is 19.7 Å². The summed E-state index contributed by atoms with van der Waals surface area (Å²) in [6.45, 7) is 5.85. The molecule has 2 atom stereocenters. The molecule has 2 aromatic rings. The molecule has 1 heterocycles. The van der Waals surface area contributed by atoms with Crippen molar-refractivity contribution in [1.29, 1.82) is 0 Å². The van der Waals surface area contributed by atoms with Crippen molar-refractivity contribution in [3.63, 3.8) is 0 Å². The van der Waals surface area contributed by atoms with Crippen molar-refractivity contribution in [3.05, 3.63) is 65.7 Å². The number of carboxylic acid groups (broad SMARTS) is 1. The van der Waals surface area contributed by atoms with Gasteiger partial charge in [-0.3, -0.25) is 14.5 Å². The van der Waals surface area contributed by atoms with Gasteiger partial charge in [-0.1, -0.05) is 55.5 Å². The van der Waals surface area contributed by atoms with E-state index in [2.05, 4.69) is 30.0 Å². The first kappa shape index (κ1) is 25.8. The van der Waals surface area contributed by atoms with Crippen LogP contribution >= 0.6 is 0 Å². The number of carbonyl (C=O) groups excluding carboxylic acids is 1. The summed E-state index contributed by atoms with van der Waals surface area (Å²) in [4.78, 5) is 26.2. The van der Waals surface area contributed by atoms with Crippen LogP contribution in [0.1, 0.15) is 50.7 Å². The van der Waals surface area contributed by atoms with Crippen LogP contribution in [0.5, 0.6) is 5.75 Å². The maximum atomic E-state index is 13.0. The second-order valence-corrected chi connectivity index (χ2v) is 9.32. The molecule has 184 valence electrons. The van der Waals surface area contributed by atoms with E-state index >= 15 is 0 Å². The lowest BCUT2D eigenvalue weighted by molar-refractivity contribution is -0.157. The number of esters is 1. The number of carbonyl (C=O) groups is 2. The molecule has 2 unspecified atom stereocenters. The molecule has 1 saturated heterocycles. The highest BCUT2D eigenvalue weighted by Crippen LogP contribution is 2.23. The highest BCUT2D eigenvalue weighted by atomic mass is 16.6. The third-order valence-corrected chi connectivity index (χ3v) is 6.45. The van der Waals surface area contributed by atoms with Gasteiger partial charge in [-0.2, -0.15) is 0 Å². The van der Waals surface area contributed by atoms with Crippen LogP contribution in [-0.4, -0.2) is 53.8 Å². The molecule has 1 aliphatic heterocycles. The normalized spacial score (nSPS) is 16.5. The molecule has 2 aromatic carbocycles. The Balaban J connectivity index is 1.54. The van der Waals surface area contributed by atoms with Crippen LogP contribution < -0.4 is 4.74 Å². The number of aryl methyl sites for hydroxylation is 2. The Morgan fingerprint density at radius 1 is 1.03 bits per heavy atom. The maximum Gasteiger partial charge on any atom is 0.323 e. The van der Waals surface area contributed by atoms with Gasteiger partial charge in [-0.15, -0.1) is 0 Å². The molecule has 1 N–H and O–H groups in total. The van der Waals surface area contributed by atoms with Crippen LogP contribution in [0.3, 0.4) is 0 Å². The number of para-hydroxylation sites is 1. The molecule has 0 aromatic heterocycles. The summed E-state index contributed by atoms with van der Waals surface area (Å²) in [5.41, 5.74) is 2.39. The molecule has 1 aliphatic rings. The predicted molar refractivity (Wildman–Crippen MR) is 132 cm³/mol. The number of aliphatic carboxylic acids is 1. The molecular formula is C28H37NO5. The van der Waals surface area contributed by atoms with E-state index in [4.69, 9.17) is 14.6 Å². The zero-order chi connectivity index (χ0) is 24.3. The van der Waals surface area contributed by atoms with Gasteiger partial charge in [0, 0.05) is 6.42 Å². The Morgan fingerprint density at radius 2 is 1.71 bits per heavy atom. The zero-order valence-corrected chi connectivity index (χ0v) is 20.3. The van der Waals surface area contributed by atoms with Crippen LogP contribution in [0.15, 0.2) is 54.6 Å². The largest absolute Gasteiger partial charge is 0.489 e. The standard InChI is InChI=1S/C28H37NO5/c1-21-16-18-29(19-17-21)25(14-15-27(30)31)28(32)34-22(2)20-33-26-11-7-6-10-24(26)13-12-23-8-4-3-5-9-23/h3-11,21-22,25H,12-20H2,1-2H3,(H,30,31). The highest BCUT2D eigenvalue weighted by Gasteiger charge is 2.31. The van der Waals surface area contributed by atoms with Crippen molar-refractivity contribution < 1.29 is 24.2 Å². The van der Waals surface area contributed by atoms with Crippen LogP contribution in [-0.2, 0) is 27.2 Å². The minimum absolute atomic E-state index is 0.0501. The van der Waals surface area contributed by atoms with E-state index in [0.29, 0.717) is 5.92 Å². The fourth-order valence-corrected chi connectivity index (χ4v) is 4.34. The number of hydrogen-bond donors (Lipinski definition) is 1. The summed E-state index contributed by atoms with van der Waals surface area (Å²) < 4.78 is 11.8. The minimum atomic E-state index is -0.897. The Labute approximate surface area is 202 Å². The molecule has 1 fully saturated rings. The number of rotatable bonds is 12. The van der Waals surface area contributed by atoms with Crippen LogP contribution in [0.4, 0.5) is 0 Å². The summed E-state index contributed by atoms with van der Waals surface area (Å²) in [6.07, 6.45) is 3.57. The summed E-state index contributed by atoms with van der Waals surface area (Å²) in [5, 5.41) is 9.13. The third kappa shape index (κ3) is 8.17. The van der Waals surface area contributed by atoms with Gasteiger partial charge in [0.25, 0.3) is 0 Å². The van der Waals surface area contributed by atoms with Crippen molar-refractivity contribution >= 4 is 11.9 Å². The van der Waals surface area contributed by atoms with Crippen LogP contribution in [0.25, 0.3) is 0 Å². The van der Waals surface area contributed by atoms with E-state index in [0.717, 1.165) is 50.1 Å². The molecule has 0 spiro atoms. The van der Waals surface area contributed by atoms with Gasteiger partial charge in [0.2, 0.25) is 0 Å². The molecule has 0 saturated carbocycles. The van der Waals surface area contributed by atoms with E-state index in [1.54, 1.807) is 0 Å². The first-order valence-corrected chi connectivity index (χ1v) is 12.3. The fourth-order valence-electron chi connectivity index (χ4n) is 4.34. The smallest absolute Gasteiger partial charge is 0.323 e. The SMILES string of the molecule is CC1CCN(C(CCC(=O)O)C(=O)OC(C)COc2ccccc2CCc2ccccc2)CC1. The number of carboxylic acids is 1. The molecule has 6 heteroatoms. The second kappa shape index (κ2) is 13.1. The van der Waals surface area contributed by atoms with E-state index in [-0.39, 0.29) is 25.4 Å². The van der Waals surface area contributed by atoms with Crippen molar-refractivity contribution in [2.45, 2.75) is 64.5 Å². The second-order valence-electron chi connectivity index (χ2n) is 9.32. The summed E-state index contributed by atoms with van der Waals surface area (Å²) in [6, 6.07) is 17.8. The van der Waals surface area contributed by atoms with E-state index in [1.807, 2.05) is 43.3 Å². The summed E-state index contributed by atoms with van der Waals surface area (Å²) in [7, 11) is 0. The average molecular weight is 468 g/mol. The molecule has 34 heavy (non-hydrogen) atoms. The van der Waals surface area contributed by atoms with E-state index in [1.165, 1.54) is 5.56 Å². The molecule has 3 rings (SSSR count). The number of piperidine rings is 1. The zero-order valence-electron chi connectivity index (χ0n) is 20.3. The molecule has 0 aliphatic carbocycles. The molecular weight excluding hydrogens is 430 g/mol. The quantitative estimate of drug-likeness (QED) is 0.454. The van der Waals surface area contributed by atoms with Crippen LogP contribution in [0.2, 0.25) is 0 Å². The lowest BCUT2D eigenvalue weighted by atomic mass is 9.97. The number of ether oxygens (including phenoxy) is 2. The minimum Gasteiger partial charge on any atom is -0.489 e. The molecule has 6 nitrogen and oxygen atoms in total. The topological polar surface area (TPSA) is 76.1 Å². The van der Waals surface area contributed by atoms with Crippen molar-refractivity contribution in [2.24, 2.45) is 5.92 Å². The Hall–Kier alpha value is -2.86. The number of likely N-dealkylation sites (tertiary alicyclic amines) is 1. The van der Waals surface area contributed by atoms with E-state index < -0.39 is 18.1 Å². The Morgan fingerprint density at radius 3 is 2.41 bits per heavy atom. The van der Waals surface area contributed by atoms with Crippen LogP contribution in [0, 0.1) is 5.92 Å². The monoisotopic (exact) mass is 467 g/mol. The van der Waals surface area contributed by atoms with Crippen molar-refractivity contribution in [3.8, 4) is 5.75 Å². The Kier molecular flexibility index (Phi) is 9.95. The molecule has 0 radical (unpaired) electrons. The molecule has 0 amide bonds. The van der Waals surface area contributed by atoms with Gasteiger partial charge < -0.3 is 14.6 Å². The fraction of sp³-hybridized carbons (Fsp3) is 0.500. The first-order chi connectivity index (χ1) is 16.4. The van der Waals surface area contributed by atoms with Gasteiger partial charge in [-0.05, 0) is 75.2 Å². The van der Waals surface area contributed by atoms with Gasteiger partial charge in [-0.25, -0.2) is 0 Å². The summed E-state index contributed by atoms with van der Waals surface area (Å²) in [5.74, 6) is 0.173. The highest BCUT2D eigenvalue weighted by molar-refractivity contribution is 5.77. The maximum absolute atomic E-state index is 13.0. The number of benzene rings is 2. The van der Waals surface area contributed by atoms with Gasteiger partial charge in [0.1, 0.15) is 24.5 Å². The third-order valence-electron chi connectivity index (χ3n) is 6.45. The average Bonchev–Trinajstić information content (AvgIpc) is 2.83. The molecule has 0 bridgehead atoms. The Bertz CT molecular complexity index is 908. The summed E-state index contributed by atoms with van der Waals surface area (Å²) >= 11 is 0. The number of hydrogen-bond acceptors (Lipinski definition) is 5. The lowest BCUT2D eigenvalue weighted by Gasteiger charge is -2.35. The van der Waals surface area contributed by atoms with Crippen molar-refractivity contribution in [1.82, 2.24) is 4.90 Å².